The molecule has 3 fully saturated rings. The van der Waals surface area contributed by atoms with Gasteiger partial charge in [0.15, 0.2) is 0 Å². The molecule has 2 N–H and O–H groups in total. The van der Waals surface area contributed by atoms with Crippen molar-refractivity contribution in [3.05, 3.63) is 0 Å². The van der Waals surface area contributed by atoms with Gasteiger partial charge >= 0.3 is 5.97 Å². The van der Waals surface area contributed by atoms with Crippen molar-refractivity contribution >= 4 is 5.97 Å². The van der Waals surface area contributed by atoms with E-state index in [-0.39, 0.29) is 25.1 Å². The van der Waals surface area contributed by atoms with Gasteiger partial charge in [-0.25, -0.2) is 0 Å². The Bertz CT molecular complexity index is 293. The van der Waals surface area contributed by atoms with Crippen LogP contribution in [0.4, 0.5) is 0 Å². The van der Waals surface area contributed by atoms with E-state index in [1.807, 2.05) is 0 Å². The fourth-order valence-corrected chi connectivity index (χ4v) is 3.78. The predicted octanol–water partition coefficient (Wildman–Crippen LogP) is 2.13. The third kappa shape index (κ3) is 3.95. The molecule has 1 saturated heterocycles. The number of carbonyl (C=O) groups is 1. The maximum Gasteiger partial charge on any atom is 0.309 e. The highest BCUT2D eigenvalue weighted by Crippen LogP contribution is 2.35. The minimum absolute atomic E-state index is 0.0599. The Kier molecular flexibility index (Phi) is 6.30. The molecule has 20 heavy (non-hydrogen) atoms. The molecule has 0 aromatic carbocycles. The first-order valence-electron chi connectivity index (χ1n) is 8.14. The summed E-state index contributed by atoms with van der Waals surface area (Å²) in [4.78, 5) is 11.0. The first-order chi connectivity index (χ1) is 9.76. The van der Waals surface area contributed by atoms with Gasteiger partial charge in [-0.1, -0.05) is 25.7 Å². The molecule has 0 radical (unpaired) electrons. The van der Waals surface area contributed by atoms with Crippen LogP contribution in [0.5, 0.6) is 0 Å². The molecule has 0 spiro atoms. The van der Waals surface area contributed by atoms with E-state index in [9.17, 15) is 4.79 Å². The van der Waals surface area contributed by atoms with Crippen molar-refractivity contribution in [1.82, 2.24) is 0 Å². The predicted molar refractivity (Wildman–Crippen MR) is 76.0 cm³/mol. The maximum atomic E-state index is 11.0. The van der Waals surface area contributed by atoms with Crippen LogP contribution in [0.25, 0.3) is 0 Å². The number of aliphatic hydroxyl groups is 2. The Balaban J connectivity index is 0.000000147. The SMILES string of the molecule is O=C1OC[C@@H]2CCCC[C@H]12.OCC1CCCCC1CO. The molecular formula is C16H28O4. The highest BCUT2D eigenvalue weighted by Gasteiger charge is 2.37. The number of esters is 1. The van der Waals surface area contributed by atoms with Crippen molar-refractivity contribution in [3.63, 3.8) is 0 Å². The van der Waals surface area contributed by atoms with Crippen LogP contribution in [0.15, 0.2) is 0 Å². The Morgan fingerprint density at radius 1 is 0.900 bits per heavy atom. The van der Waals surface area contributed by atoms with Gasteiger partial charge in [0.1, 0.15) is 0 Å². The summed E-state index contributed by atoms with van der Waals surface area (Å²) in [5.74, 6) is 1.65. The molecule has 1 aliphatic heterocycles. The van der Waals surface area contributed by atoms with E-state index in [1.54, 1.807) is 0 Å². The Morgan fingerprint density at radius 3 is 2.00 bits per heavy atom. The van der Waals surface area contributed by atoms with Crippen LogP contribution >= 0.6 is 0 Å². The van der Waals surface area contributed by atoms with E-state index in [0.29, 0.717) is 24.4 Å². The van der Waals surface area contributed by atoms with E-state index in [2.05, 4.69) is 0 Å². The second-order valence-corrected chi connectivity index (χ2v) is 6.45. The highest BCUT2D eigenvalue weighted by atomic mass is 16.5. The van der Waals surface area contributed by atoms with Crippen LogP contribution in [0.3, 0.4) is 0 Å². The Labute approximate surface area is 121 Å². The third-order valence-corrected chi connectivity index (χ3v) is 5.19. The average Bonchev–Trinajstić information content (AvgIpc) is 2.90. The summed E-state index contributed by atoms with van der Waals surface area (Å²) in [6.07, 6.45) is 9.43. The molecule has 1 heterocycles. The molecular weight excluding hydrogens is 256 g/mol. The number of aliphatic hydroxyl groups excluding tert-OH is 2. The lowest BCUT2D eigenvalue weighted by atomic mass is 9.80. The van der Waals surface area contributed by atoms with Gasteiger partial charge < -0.3 is 14.9 Å². The van der Waals surface area contributed by atoms with Gasteiger partial charge in [0, 0.05) is 19.1 Å². The Hall–Kier alpha value is -0.610. The smallest absolute Gasteiger partial charge is 0.309 e. The molecule has 4 atom stereocenters. The topological polar surface area (TPSA) is 66.8 Å². The highest BCUT2D eigenvalue weighted by molar-refractivity contribution is 5.74. The minimum Gasteiger partial charge on any atom is -0.465 e. The van der Waals surface area contributed by atoms with E-state index in [4.69, 9.17) is 14.9 Å². The third-order valence-electron chi connectivity index (χ3n) is 5.19. The number of carbonyl (C=O) groups excluding carboxylic acids is 1. The quantitative estimate of drug-likeness (QED) is 0.762. The molecule has 4 heteroatoms. The second-order valence-electron chi connectivity index (χ2n) is 6.45. The maximum absolute atomic E-state index is 11.0. The van der Waals surface area contributed by atoms with E-state index < -0.39 is 0 Å². The van der Waals surface area contributed by atoms with Crippen molar-refractivity contribution in [2.75, 3.05) is 19.8 Å². The summed E-state index contributed by atoms with van der Waals surface area (Å²) in [5.41, 5.74) is 0. The summed E-state index contributed by atoms with van der Waals surface area (Å²) in [5, 5.41) is 17.8. The fourth-order valence-electron chi connectivity index (χ4n) is 3.78. The summed E-state index contributed by atoms with van der Waals surface area (Å²) < 4.78 is 4.96. The molecule has 0 aromatic heterocycles. The van der Waals surface area contributed by atoms with E-state index in [1.165, 1.54) is 32.1 Å². The van der Waals surface area contributed by atoms with Crippen molar-refractivity contribution in [1.29, 1.82) is 0 Å². The van der Waals surface area contributed by atoms with Gasteiger partial charge in [-0.3, -0.25) is 4.79 Å². The molecule has 4 nitrogen and oxygen atoms in total. The Morgan fingerprint density at radius 2 is 1.45 bits per heavy atom. The van der Waals surface area contributed by atoms with E-state index >= 15 is 0 Å². The van der Waals surface area contributed by atoms with Crippen molar-refractivity contribution in [2.24, 2.45) is 23.7 Å². The molecule has 0 amide bonds. The lowest BCUT2D eigenvalue weighted by Gasteiger charge is -2.28. The summed E-state index contributed by atoms with van der Waals surface area (Å²) in [7, 11) is 0. The lowest BCUT2D eigenvalue weighted by Crippen LogP contribution is -2.25. The zero-order valence-electron chi connectivity index (χ0n) is 12.3. The molecule has 0 bridgehead atoms. The van der Waals surface area contributed by atoms with Crippen molar-refractivity contribution in [2.45, 2.75) is 51.4 Å². The number of hydrogen-bond donors (Lipinski definition) is 2. The zero-order valence-corrected chi connectivity index (χ0v) is 12.3. The second kappa shape index (κ2) is 7.99. The number of cyclic esters (lactones) is 1. The fraction of sp³-hybridized carbons (Fsp3) is 0.938. The minimum atomic E-state index is 0.0599. The standard InChI is InChI=1S/C8H12O2.C8H16O2/c9-8-7-4-2-1-3-6(7)5-10-8;9-5-7-3-1-2-4-8(7)6-10/h6-7H,1-5H2;7-10H,1-6H2/t6-,7-;/m0./s1. The molecule has 3 rings (SSSR count). The number of fused-ring (bicyclic) bond motifs is 1. The normalized spacial score (nSPS) is 36.6. The van der Waals surface area contributed by atoms with Gasteiger partial charge in [0.05, 0.1) is 12.5 Å². The molecule has 116 valence electrons. The van der Waals surface area contributed by atoms with Crippen molar-refractivity contribution < 1.29 is 19.7 Å². The van der Waals surface area contributed by atoms with Crippen LogP contribution in [-0.2, 0) is 9.53 Å². The zero-order chi connectivity index (χ0) is 14.4. The molecule has 0 aromatic rings. The number of hydrogen-bond acceptors (Lipinski definition) is 4. The van der Waals surface area contributed by atoms with Crippen LogP contribution in [0.2, 0.25) is 0 Å². The van der Waals surface area contributed by atoms with Crippen LogP contribution in [-0.4, -0.2) is 36.0 Å². The van der Waals surface area contributed by atoms with Gasteiger partial charge in [-0.15, -0.1) is 0 Å². The largest absolute Gasteiger partial charge is 0.465 e. The molecule has 2 aliphatic carbocycles. The van der Waals surface area contributed by atoms with Crippen LogP contribution in [0.1, 0.15) is 51.4 Å². The summed E-state index contributed by atoms with van der Waals surface area (Å²) in [6.45, 7) is 1.21. The summed E-state index contributed by atoms with van der Waals surface area (Å²) >= 11 is 0. The molecule has 2 saturated carbocycles. The van der Waals surface area contributed by atoms with Gasteiger partial charge in [-0.2, -0.15) is 0 Å². The molecule has 3 aliphatic rings. The van der Waals surface area contributed by atoms with E-state index in [0.717, 1.165) is 19.3 Å². The van der Waals surface area contributed by atoms with Gasteiger partial charge in [-0.05, 0) is 37.5 Å². The first-order valence-corrected chi connectivity index (χ1v) is 8.14. The first kappa shape index (κ1) is 15.8. The summed E-state index contributed by atoms with van der Waals surface area (Å²) in [6, 6.07) is 0. The van der Waals surface area contributed by atoms with Gasteiger partial charge in [0.2, 0.25) is 0 Å². The van der Waals surface area contributed by atoms with Gasteiger partial charge in [0.25, 0.3) is 0 Å². The van der Waals surface area contributed by atoms with Crippen molar-refractivity contribution in [3.8, 4) is 0 Å². The monoisotopic (exact) mass is 284 g/mol. The lowest BCUT2D eigenvalue weighted by molar-refractivity contribution is -0.141. The average molecular weight is 284 g/mol. The number of ether oxygens (including phenoxy) is 1. The number of rotatable bonds is 2. The van der Waals surface area contributed by atoms with Crippen LogP contribution in [0, 0.1) is 23.7 Å². The van der Waals surface area contributed by atoms with Crippen LogP contribution < -0.4 is 0 Å². The molecule has 2 unspecified atom stereocenters.